The first-order valence-corrected chi connectivity index (χ1v) is 11.5. The molecule has 32 heavy (non-hydrogen) atoms. The number of hydrogen-bond acceptors (Lipinski definition) is 6. The third kappa shape index (κ3) is 3.07. The van der Waals surface area contributed by atoms with Crippen LogP contribution in [-0.4, -0.2) is 5.78 Å². The number of fused-ring (bicyclic) bond motifs is 2. The molecule has 2 aromatic heterocycles. The molecule has 6 rings (SSSR count). The number of ketones is 1. The largest absolute Gasteiger partial charge is 0.464 e. The number of carbonyl (C=O) groups is 1. The number of para-hydroxylation sites is 3. The van der Waals surface area contributed by atoms with Gasteiger partial charge in [-0.2, -0.15) is 0 Å². The number of hydrogen-bond donors (Lipinski definition) is 2. The van der Waals surface area contributed by atoms with Crippen molar-refractivity contribution in [2.45, 2.75) is 24.8 Å². The van der Waals surface area contributed by atoms with Gasteiger partial charge in [-0.25, -0.2) is 0 Å². The van der Waals surface area contributed by atoms with E-state index in [0.717, 1.165) is 17.1 Å². The van der Waals surface area contributed by atoms with Gasteiger partial charge in [0.25, 0.3) is 0 Å². The van der Waals surface area contributed by atoms with Crippen molar-refractivity contribution in [2.24, 2.45) is 0 Å². The summed E-state index contributed by atoms with van der Waals surface area (Å²) in [6, 6.07) is 18.6. The molecular formula is C26H20N2O3S. The Morgan fingerprint density at radius 1 is 0.906 bits per heavy atom. The number of rotatable bonds is 2. The Bertz CT molecular complexity index is 1430. The third-order valence-corrected chi connectivity index (χ3v) is 7.31. The molecule has 2 N–H and O–H groups in total. The van der Waals surface area contributed by atoms with Crippen LogP contribution in [0.2, 0.25) is 0 Å². The van der Waals surface area contributed by atoms with Crippen LogP contribution in [0.1, 0.15) is 35.2 Å². The van der Waals surface area contributed by atoms with Crippen LogP contribution in [0, 0.1) is 0 Å². The molecule has 0 bridgehead atoms. The van der Waals surface area contributed by atoms with Crippen LogP contribution in [0.25, 0.3) is 11.0 Å². The van der Waals surface area contributed by atoms with E-state index in [1.807, 2.05) is 47.8 Å². The van der Waals surface area contributed by atoms with Crippen molar-refractivity contribution in [3.63, 3.8) is 0 Å². The SMILES string of the molecule is O=C1C[C@H](c2cccs2)CC2=C1[C@@H](c1coc3ccccc3c1=O)Nc1ccccc1N2. The molecule has 0 fully saturated rings. The zero-order valence-electron chi connectivity index (χ0n) is 17.1. The number of allylic oxidation sites excluding steroid dienone is 1. The van der Waals surface area contributed by atoms with Crippen molar-refractivity contribution in [1.82, 2.24) is 0 Å². The minimum atomic E-state index is -0.584. The Hall–Kier alpha value is -3.64. The molecule has 0 saturated heterocycles. The first-order valence-electron chi connectivity index (χ1n) is 10.6. The molecule has 6 heteroatoms. The van der Waals surface area contributed by atoms with Gasteiger partial charge in [-0.1, -0.05) is 30.3 Å². The number of nitrogens with one attached hydrogen (secondary N) is 2. The van der Waals surface area contributed by atoms with Crippen molar-refractivity contribution in [2.75, 3.05) is 10.6 Å². The van der Waals surface area contributed by atoms with Crippen molar-refractivity contribution < 1.29 is 9.21 Å². The molecule has 3 heterocycles. The normalized spacial score (nSPS) is 20.2. The van der Waals surface area contributed by atoms with E-state index < -0.39 is 6.04 Å². The lowest BCUT2D eigenvalue weighted by Crippen LogP contribution is -2.29. The highest BCUT2D eigenvalue weighted by Crippen LogP contribution is 2.44. The highest BCUT2D eigenvalue weighted by molar-refractivity contribution is 7.10. The molecule has 4 aromatic rings. The molecule has 2 aliphatic rings. The summed E-state index contributed by atoms with van der Waals surface area (Å²) >= 11 is 1.68. The fourth-order valence-electron chi connectivity index (χ4n) is 4.74. The molecule has 0 radical (unpaired) electrons. The lowest BCUT2D eigenvalue weighted by Gasteiger charge is -2.28. The third-order valence-electron chi connectivity index (χ3n) is 6.27. The Labute approximate surface area is 188 Å². The van der Waals surface area contributed by atoms with Gasteiger partial charge in [0.05, 0.1) is 28.4 Å². The molecule has 0 spiro atoms. The Balaban J connectivity index is 1.54. The molecule has 2 aromatic carbocycles. The standard InChI is InChI=1S/C26H20N2O3S/c29-21-13-15(23-10-5-11-32-23)12-20-24(21)25(28-19-8-3-2-7-18(19)27-20)17-14-31-22-9-4-1-6-16(22)26(17)30/h1-11,14-15,25,27-28H,12-13H2/t15-,25-/m1/s1. The fourth-order valence-corrected chi connectivity index (χ4v) is 5.57. The smallest absolute Gasteiger partial charge is 0.198 e. The maximum Gasteiger partial charge on any atom is 0.198 e. The predicted octanol–water partition coefficient (Wildman–Crippen LogP) is 5.83. The van der Waals surface area contributed by atoms with E-state index in [-0.39, 0.29) is 17.1 Å². The van der Waals surface area contributed by atoms with E-state index in [1.165, 1.54) is 11.1 Å². The number of benzene rings is 2. The maximum atomic E-state index is 13.5. The van der Waals surface area contributed by atoms with Crippen LogP contribution in [0.5, 0.6) is 0 Å². The summed E-state index contributed by atoms with van der Waals surface area (Å²) in [7, 11) is 0. The number of thiophene rings is 1. The number of Topliss-reactive ketones (excluding diaryl/α,β-unsaturated/α-hetero) is 1. The molecule has 0 unspecified atom stereocenters. The van der Waals surface area contributed by atoms with Gasteiger partial charge in [0.2, 0.25) is 0 Å². The topological polar surface area (TPSA) is 71.3 Å². The molecule has 0 saturated carbocycles. The molecule has 0 amide bonds. The summed E-state index contributed by atoms with van der Waals surface area (Å²) in [5.74, 6) is 0.183. The summed E-state index contributed by atoms with van der Waals surface area (Å²) in [5, 5.41) is 9.53. The van der Waals surface area contributed by atoms with Gasteiger partial charge in [-0.15, -0.1) is 11.3 Å². The average molecular weight is 441 g/mol. The van der Waals surface area contributed by atoms with Crippen LogP contribution >= 0.6 is 11.3 Å². The van der Waals surface area contributed by atoms with Gasteiger partial charge < -0.3 is 15.1 Å². The highest BCUT2D eigenvalue weighted by atomic mass is 32.1. The van der Waals surface area contributed by atoms with Gasteiger partial charge in [0.15, 0.2) is 11.2 Å². The van der Waals surface area contributed by atoms with Crippen LogP contribution in [0.15, 0.2) is 92.8 Å². The van der Waals surface area contributed by atoms with Crippen LogP contribution in [0.3, 0.4) is 0 Å². The van der Waals surface area contributed by atoms with E-state index >= 15 is 0 Å². The summed E-state index contributed by atoms with van der Waals surface area (Å²) < 4.78 is 5.81. The second-order valence-electron chi connectivity index (χ2n) is 8.20. The summed E-state index contributed by atoms with van der Waals surface area (Å²) in [4.78, 5) is 28.2. The molecule has 1 aliphatic carbocycles. The van der Waals surface area contributed by atoms with E-state index in [9.17, 15) is 9.59 Å². The molecule has 158 valence electrons. The quantitative estimate of drug-likeness (QED) is 0.410. The van der Waals surface area contributed by atoms with Crippen LogP contribution in [-0.2, 0) is 4.79 Å². The number of carbonyl (C=O) groups excluding carboxylic acids is 1. The van der Waals surface area contributed by atoms with Crippen LogP contribution < -0.4 is 16.1 Å². The molecule has 1 aliphatic heterocycles. The van der Waals surface area contributed by atoms with Gasteiger partial charge in [-0.05, 0) is 42.1 Å². The minimum absolute atomic E-state index is 0.0509. The summed E-state index contributed by atoms with van der Waals surface area (Å²) in [6.45, 7) is 0. The number of anilines is 2. The van der Waals surface area contributed by atoms with Crippen molar-refractivity contribution in [3.05, 3.63) is 104 Å². The van der Waals surface area contributed by atoms with Crippen molar-refractivity contribution >= 4 is 39.5 Å². The minimum Gasteiger partial charge on any atom is -0.464 e. The molecular weight excluding hydrogens is 420 g/mol. The van der Waals surface area contributed by atoms with Gasteiger partial charge in [-0.3, -0.25) is 9.59 Å². The van der Waals surface area contributed by atoms with E-state index in [4.69, 9.17) is 4.42 Å². The Morgan fingerprint density at radius 2 is 1.72 bits per heavy atom. The predicted molar refractivity (Wildman–Crippen MR) is 127 cm³/mol. The van der Waals surface area contributed by atoms with Gasteiger partial charge >= 0.3 is 0 Å². The molecule has 2 atom stereocenters. The van der Waals surface area contributed by atoms with E-state index in [1.54, 1.807) is 23.5 Å². The maximum absolute atomic E-state index is 13.5. The lowest BCUT2D eigenvalue weighted by molar-refractivity contribution is -0.116. The summed E-state index contributed by atoms with van der Waals surface area (Å²) in [5.41, 5.74) is 4.09. The monoisotopic (exact) mass is 440 g/mol. The van der Waals surface area contributed by atoms with Gasteiger partial charge in [0, 0.05) is 28.5 Å². The van der Waals surface area contributed by atoms with Crippen molar-refractivity contribution in [3.8, 4) is 0 Å². The van der Waals surface area contributed by atoms with E-state index in [0.29, 0.717) is 34.9 Å². The highest BCUT2D eigenvalue weighted by Gasteiger charge is 2.37. The Morgan fingerprint density at radius 3 is 2.56 bits per heavy atom. The zero-order chi connectivity index (χ0) is 21.7. The lowest BCUT2D eigenvalue weighted by atomic mass is 9.81. The molecule has 5 nitrogen and oxygen atoms in total. The zero-order valence-corrected chi connectivity index (χ0v) is 17.9. The second kappa shape index (κ2) is 7.50. The first-order chi connectivity index (χ1) is 15.7. The average Bonchev–Trinajstić information content (AvgIpc) is 3.29. The summed E-state index contributed by atoms with van der Waals surface area (Å²) in [6.07, 6.45) is 2.64. The Kier molecular flexibility index (Phi) is 4.47. The van der Waals surface area contributed by atoms with Gasteiger partial charge in [0.1, 0.15) is 11.8 Å². The van der Waals surface area contributed by atoms with E-state index in [2.05, 4.69) is 16.7 Å². The first kappa shape index (κ1) is 19.1. The van der Waals surface area contributed by atoms with Crippen molar-refractivity contribution in [1.29, 1.82) is 0 Å². The van der Waals surface area contributed by atoms with Crippen LogP contribution in [0.4, 0.5) is 11.4 Å². The fraction of sp³-hybridized carbons (Fsp3) is 0.154. The second-order valence-corrected chi connectivity index (χ2v) is 9.18.